The lowest BCUT2D eigenvalue weighted by Gasteiger charge is -2.07. The van der Waals surface area contributed by atoms with Crippen LogP contribution in [0.2, 0.25) is 0 Å². The Labute approximate surface area is 141 Å². The van der Waals surface area contributed by atoms with Crippen LogP contribution in [0, 0.1) is 10.1 Å². The Morgan fingerprint density at radius 3 is 2.52 bits per heavy atom. The van der Waals surface area contributed by atoms with Crippen molar-refractivity contribution in [3.63, 3.8) is 0 Å². The fraction of sp³-hybridized carbons (Fsp3) is 0. The molecule has 2 aromatic carbocycles. The van der Waals surface area contributed by atoms with E-state index in [0.29, 0.717) is 5.69 Å². The van der Waals surface area contributed by atoms with E-state index in [4.69, 9.17) is 0 Å². The molecule has 1 N–H and O–H groups in total. The van der Waals surface area contributed by atoms with Crippen molar-refractivity contribution in [3.8, 4) is 5.69 Å². The highest BCUT2D eigenvalue weighted by Gasteiger charge is 2.13. The maximum absolute atomic E-state index is 12.3. The van der Waals surface area contributed by atoms with E-state index in [-0.39, 0.29) is 22.6 Å². The summed E-state index contributed by atoms with van der Waals surface area (Å²) in [6.07, 6.45) is 0. The molecule has 0 spiro atoms. The first-order chi connectivity index (χ1) is 12.0. The molecule has 25 heavy (non-hydrogen) atoms. The third kappa shape index (κ3) is 3.58. The van der Waals surface area contributed by atoms with E-state index in [9.17, 15) is 19.7 Å². The summed E-state index contributed by atoms with van der Waals surface area (Å²) in [6.45, 7) is 0. The quantitative estimate of drug-likeness (QED) is 0.581. The Hall–Kier alpha value is -3.81. The number of hydrogen-bond donors (Lipinski definition) is 1. The fourth-order valence-corrected chi connectivity index (χ4v) is 2.18. The Morgan fingerprint density at radius 2 is 1.80 bits per heavy atom. The maximum atomic E-state index is 12.3. The molecule has 0 fully saturated rings. The van der Waals surface area contributed by atoms with E-state index in [1.54, 1.807) is 30.3 Å². The number of para-hydroxylation sites is 1. The Bertz CT molecular complexity index is 999. The molecule has 0 aliphatic rings. The molecule has 1 amide bonds. The first kappa shape index (κ1) is 16.1. The van der Waals surface area contributed by atoms with Crippen molar-refractivity contribution in [2.45, 2.75) is 0 Å². The van der Waals surface area contributed by atoms with Gasteiger partial charge in [0, 0.05) is 23.9 Å². The molecule has 0 bridgehead atoms. The summed E-state index contributed by atoms with van der Waals surface area (Å²) in [5.74, 6) is -0.579. The number of nitrogens with zero attached hydrogens (tertiary/aromatic N) is 3. The van der Waals surface area contributed by atoms with Crippen molar-refractivity contribution in [3.05, 3.63) is 92.9 Å². The minimum atomic E-state index is -0.579. The average Bonchev–Trinajstić information content (AvgIpc) is 2.63. The lowest BCUT2D eigenvalue weighted by molar-refractivity contribution is -0.384. The number of non-ortho nitro benzene ring substituents is 1. The lowest BCUT2D eigenvalue weighted by atomic mass is 10.2. The average molecular weight is 336 g/mol. The SMILES string of the molecule is O=C(Nc1cccc([N+](=O)[O-])c1)c1ccc(=O)n(-c2ccccc2)n1. The molecule has 0 saturated carbocycles. The van der Waals surface area contributed by atoms with Gasteiger partial charge in [0.15, 0.2) is 0 Å². The summed E-state index contributed by atoms with van der Waals surface area (Å²) in [7, 11) is 0. The van der Waals surface area contributed by atoms with Crippen LogP contribution in [0.25, 0.3) is 5.69 Å². The number of nitro benzene ring substituents is 1. The van der Waals surface area contributed by atoms with Gasteiger partial charge in [0.25, 0.3) is 17.2 Å². The molecule has 3 rings (SSSR count). The topological polar surface area (TPSA) is 107 Å². The van der Waals surface area contributed by atoms with Gasteiger partial charge < -0.3 is 5.32 Å². The van der Waals surface area contributed by atoms with Crippen molar-refractivity contribution in [2.75, 3.05) is 5.32 Å². The molecule has 0 atom stereocenters. The van der Waals surface area contributed by atoms with Gasteiger partial charge in [-0.05, 0) is 24.3 Å². The second kappa shape index (κ2) is 6.75. The number of benzene rings is 2. The normalized spacial score (nSPS) is 10.2. The van der Waals surface area contributed by atoms with E-state index in [1.165, 1.54) is 36.4 Å². The predicted molar refractivity (Wildman–Crippen MR) is 90.9 cm³/mol. The van der Waals surface area contributed by atoms with E-state index in [1.807, 2.05) is 0 Å². The van der Waals surface area contributed by atoms with Crippen molar-refractivity contribution < 1.29 is 9.72 Å². The number of amides is 1. The molecule has 124 valence electrons. The molecule has 0 unspecified atom stereocenters. The summed E-state index contributed by atoms with van der Waals surface area (Å²) < 4.78 is 1.11. The number of hydrogen-bond acceptors (Lipinski definition) is 5. The summed E-state index contributed by atoms with van der Waals surface area (Å²) in [6, 6.07) is 16.8. The zero-order valence-electron chi connectivity index (χ0n) is 12.8. The molecular formula is C17H12N4O4. The molecule has 0 aliphatic heterocycles. The van der Waals surface area contributed by atoms with Crippen molar-refractivity contribution in [1.82, 2.24) is 9.78 Å². The number of anilines is 1. The Morgan fingerprint density at radius 1 is 1.04 bits per heavy atom. The highest BCUT2D eigenvalue weighted by molar-refractivity contribution is 6.02. The predicted octanol–water partition coefficient (Wildman–Crippen LogP) is 2.39. The maximum Gasteiger partial charge on any atom is 0.276 e. The summed E-state index contributed by atoms with van der Waals surface area (Å²) >= 11 is 0. The highest BCUT2D eigenvalue weighted by atomic mass is 16.6. The number of carbonyl (C=O) groups excluding carboxylic acids is 1. The van der Waals surface area contributed by atoms with E-state index in [2.05, 4.69) is 10.4 Å². The van der Waals surface area contributed by atoms with Crippen LogP contribution in [-0.4, -0.2) is 20.6 Å². The first-order valence-electron chi connectivity index (χ1n) is 7.26. The van der Waals surface area contributed by atoms with Crippen LogP contribution < -0.4 is 10.9 Å². The van der Waals surface area contributed by atoms with Gasteiger partial charge in [-0.15, -0.1) is 0 Å². The van der Waals surface area contributed by atoms with Gasteiger partial charge in [-0.25, -0.2) is 0 Å². The number of nitro groups is 1. The van der Waals surface area contributed by atoms with Crippen molar-refractivity contribution >= 4 is 17.3 Å². The van der Waals surface area contributed by atoms with Crippen LogP contribution in [-0.2, 0) is 0 Å². The standard InChI is InChI=1S/C17H12N4O4/c22-16-10-9-15(19-20(16)13-6-2-1-3-7-13)17(23)18-12-5-4-8-14(11-12)21(24)25/h1-11H,(H,18,23). The van der Waals surface area contributed by atoms with Gasteiger partial charge in [-0.2, -0.15) is 9.78 Å². The minimum Gasteiger partial charge on any atom is -0.320 e. The molecule has 0 aliphatic carbocycles. The largest absolute Gasteiger partial charge is 0.320 e. The molecular weight excluding hydrogens is 324 g/mol. The number of aromatic nitrogens is 2. The monoisotopic (exact) mass is 336 g/mol. The van der Waals surface area contributed by atoms with Crippen molar-refractivity contribution in [2.24, 2.45) is 0 Å². The molecule has 1 aromatic heterocycles. The van der Waals surface area contributed by atoms with Crippen LogP contribution in [0.4, 0.5) is 11.4 Å². The first-order valence-corrected chi connectivity index (χ1v) is 7.26. The second-order valence-corrected chi connectivity index (χ2v) is 5.07. The van der Waals surface area contributed by atoms with E-state index in [0.717, 1.165) is 4.68 Å². The Balaban J connectivity index is 1.89. The molecule has 8 heteroatoms. The van der Waals surface area contributed by atoms with Crippen LogP contribution in [0.1, 0.15) is 10.5 Å². The zero-order chi connectivity index (χ0) is 17.8. The second-order valence-electron chi connectivity index (χ2n) is 5.07. The summed E-state index contributed by atoms with van der Waals surface area (Å²) in [4.78, 5) is 34.5. The van der Waals surface area contributed by atoms with Gasteiger partial charge >= 0.3 is 0 Å². The van der Waals surface area contributed by atoms with E-state index >= 15 is 0 Å². The van der Waals surface area contributed by atoms with Gasteiger partial charge in [0.05, 0.1) is 10.6 Å². The molecule has 8 nitrogen and oxygen atoms in total. The number of nitrogens with one attached hydrogen (secondary N) is 1. The van der Waals surface area contributed by atoms with Gasteiger partial charge in [-0.1, -0.05) is 24.3 Å². The summed E-state index contributed by atoms with van der Waals surface area (Å²) in [5, 5.41) is 17.4. The minimum absolute atomic E-state index is 0.00922. The zero-order valence-corrected chi connectivity index (χ0v) is 12.8. The Kier molecular flexibility index (Phi) is 4.34. The molecule has 3 aromatic rings. The third-order valence-electron chi connectivity index (χ3n) is 3.35. The summed E-state index contributed by atoms with van der Waals surface area (Å²) in [5.41, 5.74) is 0.282. The van der Waals surface area contributed by atoms with Gasteiger partial charge in [0.1, 0.15) is 5.69 Å². The van der Waals surface area contributed by atoms with Crippen LogP contribution >= 0.6 is 0 Å². The third-order valence-corrected chi connectivity index (χ3v) is 3.35. The molecule has 0 radical (unpaired) electrons. The van der Waals surface area contributed by atoms with Crippen molar-refractivity contribution in [1.29, 1.82) is 0 Å². The molecule has 1 heterocycles. The number of carbonyl (C=O) groups is 1. The van der Waals surface area contributed by atoms with Gasteiger partial charge in [0.2, 0.25) is 0 Å². The smallest absolute Gasteiger partial charge is 0.276 e. The van der Waals surface area contributed by atoms with Crippen LogP contribution in [0.15, 0.2) is 71.5 Å². The van der Waals surface area contributed by atoms with E-state index < -0.39 is 10.8 Å². The number of rotatable bonds is 4. The molecule has 0 saturated heterocycles. The highest BCUT2D eigenvalue weighted by Crippen LogP contribution is 2.17. The fourth-order valence-electron chi connectivity index (χ4n) is 2.18. The van der Waals surface area contributed by atoms with Crippen LogP contribution in [0.5, 0.6) is 0 Å². The lowest BCUT2D eigenvalue weighted by Crippen LogP contribution is -2.24. The van der Waals surface area contributed by atoms with Gasteiger partial charge in [-0.3, -0.25) is 19.7 Å². The van der Waals surface area contributed by atoms with Crippen LogP contribution in [0.3, 0.4) is 0 Å².